The summed E-state index contributed by atoms with van der Waals surface area (Å²) in [5.74, 6) is 0.0792. The molecule has 0 saturated carbocycles. The second kappa shape index (κ2) is 4.28. The SMILES string of the molecule is Nc1ccccc1C(=O)Cc1cccs1. The number of para-hydroxylation sites is 1. The molecule has 0 spiro atoms. The van der Waals surface area contributed by atoms with Crippen molar-refractivity contribution in [1.82, 2.24) is 0 Å². The molecule has 2 rings (SSSR count). The monoisotopic (exact) mass is 217 g/mol. The van der Waals surface area contributed by atoms with Crippen molar-refractivity contribution in [3.05, 3.63) is 52.2 Å². The molecule has 0 aliphatic carbocycles. The molecule has 76 valence electrons. The average molecular weight is 217 g/mol. The Bertz CT molecular complexity index is 462. The third-order valence-corrected chi connectivity index (χ3v) is 3.05. The molecule has 0 aliphatic heterocycles. The first-order chi connectivity index (χ1) is 7.27. The number of hydrogen-bond acceptors (Lipinski definition) is 3. The first kappa shape index (κ1) is 9.93. The lowest BCUT2D eigenvalue weighted by molar-refractivity contribution is 0.0994. The van der Waals surface area contributed by atoms with Gasteiger partial charge in [0.25, 0.3) is 0 Å². The first-order valence-electron chi connectivity index (χ1n) is 4.67. The molecule has 1 aromatic heterocycles. The second-order valence-corrected chi connectivity index (χ2v) is 4.30. The lowest BCUT2D eigenvalue weighted by Crippen LogP contribution is -2.05. The van der Waals surface area contributed by atoms with Crippen molar-refractivity contribution in [2.24, 2.45) is 0 Å². The number of benzene rings is 1. The van der Waals surface area contributed by atoms with E-state index in [0.29, 0.717) is 17.7 Å². The standard InChI is InChI=1S/C12H11NOS/c13-11-6-2-1-5-10(11)12(14)8-9-4-3-7-15-9/h1-7H,8,13H2. The fourth-order valence-corrected chi connectivity index (χ4v) is 2.12. The minimum atomic E-state index is 0.0792. The van der Waals surface area contributed by atoms with Gasteiger partial charge in [-0.15, -0.1) is 11.3 Å². The topological polar surface area (TPSA) is 43.1 Å². The molecule has 0 radical (unpaired) electrons. The first-order valence-corrected chi connectivity index (χ1v) is 5.55. The average Bonchev–Trinajstić information content (AvgIpc) is 2.71. The quantitative estimate of drug-likeness (QED) is 0.634. The van der Waals surface area contributed by atoms with Crippen molar-refractivity contribution in [2.45, 2.75) is 6.42 Å². The van der Waals surface area contributed by atoms with Crippen LogP contribution in [0.5, 0.6) is 0 Å². The Kier molecular flexibility index (Phi) is 2.83. The zero-order chi connectivity index (χ0) is 10.7. The van der Waals surface area contributed by atoms with E-state index in [1.165, 1.54) is 0 Å². The highest BCUT2D eigenvalue weighted by molar-refractivity contribution is 7.10. The fraction of sp³-hybridized carbons (Fsp3) is 0.0833. The Morgan fingerprint density at radius 3 is 2.67 bits per heavy atom. The van der Waals surface area contributed by atoms with Crippen molar-refractivity contribution in [2.75, 3.05) is 5.73 Å². The molecule has 2 N–H and O–H groups in total. The van der Waals surface area contributed by atoms with Crippen LogP contribution in [0.1, 0.15) is 15.2 Å². The number of rotatable bonds is 3. The number of carbonyl (C=O) groups excluding carboxylic acids is 1. The van der Waals surface area contributed by atoms with E-state index in [1.807, 2.05) is 29.6 Å². The number of Topliss-reactive ketones (excluding diaryl/α,β-unsaturated/α-hetero) is 1. The minimum absolute atomic E-state index is 0.0792. The van der Waals surface area contributed by atoms with E-state index in [9.17, 15) is 4.79 Å². The van der Waals surface area contributed by atoms with Crippen molar-refractivity contribution in [3.63, 3.8) is 0 Å². The number of hydrogen-bond donors (Lipinski definition) is 1. The van der Waals surface area contributed by atoms with Crippen molar-refractivity contribution >= 4 is 22.8 Å². The lowest BCUT2D eigenvalue weighted by Gasteiger charge is -2.02. The third kappa shape index (κ3) is 2.25. The molecule has 0 aliphatic rings. The fourth-order valence-electron chi connectivity index (χ4n) is 1.42. The molecule has 0 amide bonds. The van der Waals surface area contributed by atoms with Gasteiger partial charge in [0, 0.05) is 22.5 Å². The normalized spacial score (nSPS) is 10.1. The van der Waals surface area contributed by atoms with Gasteiger partial charge in [-0.2, -0.15) is 0 Å². The van der Waals surface area contributed by atoms with Crippen LogP contribution in [-0.4, -0.2) is 5.78 Å². The molecule has 3 heteroatoms. The predicted molar refractivity (Wildman–Crippen MR) is 63.2 cm³/mol. The van der Waals surface area contributed by atoms with Crippen LogP contribution in [0.3, 0.4) is 0 Å². The molecule has 0 saturated heterocycles. The molecule has 1 heterocycles. The van der Waals surface area contributed by atoms with Crippen molar-refractivity contribution in [1.29, 1.82) is 0 Å². The maximum atomic E-state index is 11.9. The molecule has 1 aromatic carbocycles. The summed E-state index contributed by atoms with van der Waals surface area (Å²) in [4.78, 5) is 12.9. The van der Waals surface area contributed by atoms with E-state index in [1.54, 1.807) is 23.5 Å². The molecule has 0 bridgehead atoms. The number of carbonyl (C=O) groups is 1. The van der Waals surface area contributed by atoms with Crippen LogP contribution >= 0.6 is 11.3 Å². The Morgan fingerprint density at radius 2 is 2.00 bits per heavy atom. The summed E-state index contributed by atoms with van der Waals surface area (Å²) in [6.07, 6.45) is 0.436. The van der Waals surface area contributed by atoms with Crippen molar-refractivity contribution in [3.8, 4) is 0 Å². The number of thiophene rings is 1. The van der Waals surface area contributed by atoms with Gasteiger partial charge in [0.15, 0.2) is 5.78 Å². The molecule has 0 atom stereocenters. The number of nitrogens with two attached hydrogens (primary N) is 1. The summed E-state index contributed by atoms with van der Waals surface area (Å²) >= 11 is 1.59. The minimum Gasteiger partial charge on any atom is -0.398 e. The van der Waals surface area contributed by atoms with Crippen LogP contribution in [0.25, 0.3) is 0 Å². The van der Waals surface area contributed by atoms with Gasteiger partial charge in [0.1, 0.15) is 0 Å². The van der Waals surface area contributed by atoms with Crippen LogP contribution in [-0.2, 0) is 6.42 Å². The number of nitrogen functional groups attached to an aromatic ring is 1. The van der Waals surface area contributed by atoms with Crippen LogP contribution in [0.15, 0.2) is 41.8 Å². The second-order valence-electron chi connectivity index (χ2n) is 3.27. The van der Waals surface area contributed by atoms with Crippen molar-refractivity contribution < 1.29 is 4.79 Å². The molecular formula is C12H11NOS. The highest BCUT2D eigenvalue weighted by Gasteiger charge is 2.09. The predicted octanol–water partition coefficient (Wildman–Crippen LogP) is 2.76. The highest BCUT2D eigenvalue weighted by Crippen LogP contribution is 2.16. The maximum Gasteiger partial charge on any atom is 0.170 e. The summed E-state index contributed by atoms with van der Waals surface area (Å²) in [6, 6.07) is 11.1. The highest BCUT2D eigenvalue weighted by atomic mass is 32.1. The van der Waals surface area contributed by atoms with E-state index in [-0.39, 0.29) is 5.78 Å². The molecule has 0 fully saturated rings. The third-order valence-electron chi connectivity index (χ3n) is 2.18. The summed E-state index contributed by atoms with van der Waals surface area (Å²) in [5.41, 5.74) is 6.90. The Hall–Kier alpha value is -1.61. The van der Waals surface area contributed by atoms with Crippen LogP contribution in [0, 0.1) is 0 Å². The van der Waals surface area contributed by atoms with E-state index in [4.69, 9.17) is 5.73 Å². The van der Waals surface area contributed by atoms with Gasteiger partial charge < -0.3 is 5.73 Å². The lowest BCUT2D eigenvalue weighted by atomic mass is 10.1. The van der Waals surface area contributed by atoms with Gasteiger partial charge in [-0.1, -0.05) is 18.2 Å². The zero-order valence-corrected chi connectivity index (χ0v) is 8.96. The summed E-state index contributed by atoms with van der Waals surface area (Å²) in [6.45, 7) is 0. The van der Waals surface area contributed by atoms with E-state index in [2.05, 4.69) is 0 Å². The largest absolute Gasteiger partial charge is 0.398 e. The Balaban J connectivity index is 2.19. The van der Waals surface area contributed by atoms with Gasteiger partial charge in [0.2, 0.25) is 0 Å². The van der Waals surface area contributed by atoms with Gasteiger partial charge in [0.05, 0.1) is 0 Å². The van der Waals surface area contributed by atoms with Gasteiger partial charge in [-0.25, -0.2) is 0 Å². The summed E-state index contributed by atoms with van der Waals surface area (Å²) < 4.78 is 0. The number of anilines is 1. The van der Waals surface area contributed by atoms with Crippen LogP contribution in [0.2, 0.25) is 0 Å². The molecule has 15 heavy (non-hydrogen) atoms. The van der Waals surface area contributed by atoms with Crippen LogP contribution < -0.4 is 5.73 Å². The molecule has 2 aromatic rings. The maximum absolute atomic E-state index is 11.9. The van der Waals surface area contributed by atoms with Crippen LogP contribution in [0.4, 0.5) is 5.69 Å². The summed E-state index contributed by atoms with van der Waals surface area (Å²) in [7, 11) is 0. The van der Waals surface area contributed by atoms with Gasteiger partial charge in [-0.05, 0) is 23.6 Å². The summed E-state index contributed by atoms with van der Waals surface area (Å²) in [5, 5.41) is 1.97. The molecular weight excluding hydrogens is 206 g/mol. The van der Waals surface area contributed by atoms with E-state index in [0.717, 1.165) is 4.88 Å². The van der Waals surface area contributed by atoms with Gasteiger partial charge >= 0.3 is 0 Å². The van der Waals surface area contributed by atoms with Gasteiger partial charge in [-0.3, -0.25) is 4.79 Å². The Morgan fingerprint density at radius 1 is 1.20 bits per heavy atom. The Labute approximate surface area is 92.4 Å². The van der Waals surface area contributed by atoms with E-state index >= 15 is 0 Å². The molecule has 0 unspecified atom stereocenters. The zero-order valence-electron chi connectivity index (χ0n) is 8.14. The smallest absolute Gasteiger partial charge is 0.170 e. The van der Waals surface area contributed by atoms with E-state index < -0.39 is 0 Å². The number of ketones is 1. The molecule has 2 nitrogen and oxygen atoms in total.